The van der Waals surface area contributed by atoms with Crippen LogP contribution in [-0.2, 0) is 70.3 Å². The second kappa shape index (κ2) is 12.4. The maximum atomic E-state index is 4.59. The molecule has 0 unspecified atom stereocenters. The fraction of sp³-hybridized carbons (Fsp3) is 0.600. The normalized spacial score (nSPS) is 11.4. The average Bonchev–Trinajstić information content (AvgIpc) is 1.61. The summed E-state index contributed by atoms with van der Waals surface area (Å²) in [6.07, 6.45) is 2.39. The molecule has 0 aliphatic heterocycles. The van der Waals surface area contributed by atoms with Crippen LogP contribution < -0.4 is 0 Å². The van der Waals surface area contributed by atoms with Gasteiger partial charge in [-0.25, -0.2) is 0 Å². The Bertz CT molecular complexity index is 66.0. The maximum Gasteiger partial charge on any atom is 0 e. The summed E-state index contributed by atoms with van der Waals surface area (Å²) in [7, 11) is 0. The first-order valence-electron chi connectivity index (χ1n) is 2.13. The second-order valence-electron chi connectivity index (χ2n) is 1.23. The smallest absolute Gasteiger partial charge is 0 e. The molecule has 1 atom stereocenters. The van der Waals surface area contributed by atoms with Crippen LogP contribution in [0.2, 0.25) is 0 Å². The van der Waals surface area contributed by atoms with Gasteiger partial charge in [0.25, 0.3) is 0 Å². The number of hydrogen-bond acceptors (Lipinski definition) is 2. The van der Waals surface area contributed by atoms with Crippen LogP contribution in [0.5, 0.6) is 0 Å². The molecule has 0 aromatic rings. The zero-order valence-electron chi connectivity index (χ0n) is 5.79. The Morgan fingerprint density at radius 3 is 2.11 bits per heavy atom. The molecule has 48 valence electrons. The third-order valence-corrected chi connectivity index (χ3v) is 0.324. The van der Waals surface area contributed by atoms with Gasteiger partial charge in [-0.2, -0.15) is 6.92 Å². The van der Waals surface area contributed by atoms with Crippen LogP contribution in [0.4, 0.5) is 0 Å². The van der Waals surface area contributed by atoms with Crippen molar-refractivity contribution >= 4 is 6.21 Å². The van der Waals surface area contributed by atoms with E-state index in [1.165, 1.54) is 0 Å². The van der Waals surface area contributed by atoms with Crippen LogP contribution in [-0.4, -0.2) is 12.3 Å². The Kier molecular flexibility index (Phi) is 23.3. The SMILES string of the molecule is [CH2-][C@H](C)ON=[C-]C.[Y].[Y]. The quantitative estimate of drug-likeness (QED) is 0.421. The first-order chi connectivity index (χ1) is 3.27. The van der Waals surface area contributed by atoms with Crippen LogP contribution in [0.1, 0.15) is 13.8 Å². The van der Waals surface area contributed by atoms with Crippen LogP contribution in [0, 0.1) is 6.92 Å². The third-order valence-electron chi connectivity index (χ3n) is 0.324. The predicted octanol–water partition coefficient (Wildman–Crippen LogP) is 1.10. The van der Waals surface area contributed by atoms with Gasteiger partial charge in [0.2, 0.25) is 0 Å². The topological polar surface area (TPSA) is 21.6 Å². The summed E-state index contributed by atoms with van der Waals surface area (Å²) in [5.41, 5.74) is 0. The van der Waals surface area contributed by atoms with Crippen molar-refractivity contribution in [3.63, 3.8) is 0 Å². The summed E-state index contributed by atoms with van der Waals surface area (Å²) >= 11 is 0. The van der Waals surface area contributed by atoms with Gasteiger partial charge >= 0.3 is 0 Å². The molecule has 0 aromatic heterocycles. The molecule has 0 aliphatic rings. The Hall–Kier alpha value is 1.68. The molecular formula is C5H9NOY2-2. The molecular weight excluding hydrogens is 268 g/mol. The summed E-state index contributed by atoms with van der Waals surface area (Å²) in [6.45, 7) is 7.00. The fourth-order valence-corrected chi connectivity index (χ4v) is 0.143. The van der Waals surface area contributed by atoms with E-state index in [0.717, 1.165) is 0 Å². The van der Waals surface area contributed by atoms with Crippen LogP contribution >= 0.6 is 0 Å². The van der Waals surface area contributed by atoms with E-state index in [1.54, 1.807) is 13.8 Å². The van der Waals surface area contributed by atoms with Crippen molar-refractivity contribution in [1.82, 2.24) is 0 Å². The van der Waals surface area contributed by atoms with Crippen LogP contribution in [0.15, 0.2) is 5.16 Å². The Morgan fingerprint density at radius 2 is 2.00 bits per heavy atom. The van der Waals surface area contributed by atoms with Crippen LogP contribution in [0.3, 0.4) is 0 Å². The van der Waals surface area contributed by atoms with E-state index in [9.17, 15) is 0 Å². The molecule has 0 spiro atoms. The molecule has 0 fully saturated rings. The van der Waals surface area contributed by atoms with Crippen molar-refractivity contribution in [3.05, 3.63) is 6.92 Å². The summed E-state index contributed by atoms with van der Waals surface area (Å²) in [6, 6.07) is 0. The molecule has 0 heterocycles. The zero-order valence-corrected chi connectivity index (χ0v) is 11.5. The summed E-state index contributed by atoms with van der Waals surface area (Å²) < 4.78 is 0. The molecule has 0 bridgehead atoms. The van der Waals surface area contributed by atoms with Gasteiger partial charge in [-0.05, 0) is 6.10 Å². The standard InChI is InChI=1S/C5H9NO.2Y/c1-4-6-7-5(2)3;;/h5H,2H2,1,3H3;;/q-2;;/t5-;;/m1../s1. The van der Waals surface area contributed by atoms with Crippen molar-refractivity contribution in [3.8, 4) is 0 Å². The first-order valence-corrected chi connectivity index (χ1v) is 2.13. The van der Waals surface area contributed by atoms with E-state index in [2.05, 4.69) is 23.1 Å². The third kappa shape index (κ3) is 17.7. The fourth-order valence-electron chi connectivity index (χ4n) is 0.143. The van der Waals surface area contributed by atoms with Crippen molar-refractivity contribution in [2.45, 2.75) is 20.0 Å². The average molecular weight is 277 g/mol. The molecule has 0 aliphatic carbocycles. The maximum absolute atomic E-state index is 4.59. The molecule has 0 saturated heterocycles. The van der Waals surface area contributed by atoms with E-state index in [1.807, 2.05) is 0 Å². The zero-order chi connectivity index (χ0) is 5.70. The molecule has 0 amide bonds. The van der Waals surface area contributed by atoms with Gasteiger partial charge in [0, 0.05) is 65.4 Å². The number of rotatable bonds is 2. The summed E-state index contributed by atoms with van der Waals surface area (Å²) in [5.74, 6) is 0. The van der Waals surface area contributed by atoms with Crippen LogP contribution in [0.25, 0.3) is 0 Å². The molecule has 2 nitrogen and oxygen atoms in total. The van der Waals surface area contributed by atoms with E-state index < -0.39 is 0 Å². The van der Waals surface area contributed by atoms with Gasteiger partial charge in [-0.1, -0.05) is 6.92 Å². The Balaban J connectivity index is -0.000000180. The minimum absolute atomic E-state index is 0. The Labute approximate surface area is 107 Å². The minimum Gasteiger partial charge on any atom is -0.462 e. The van der Waals surface area contributed by atoms with Gasteiger partial charge in [0.05, 0.1) is 0 Å². The van der Waals surface area contributed by atoms with Gasteiger partial charge in [0.1, 0.15) is 0 Å². The van der Waals surface area contributed by atoms with Gasteiger partial charge in [0.15, 0.2) is 0 Å². The molecule has 0 N–H and O–H groups in total. The second-order valence-corrected chi connectivity index (χ2v) is 1.23. The van der Waals surface area contributed by atoms with Crippen molar-refractivity contribution in [2.75, 3.05) is 0 Å². The van der Waals surface area contributed by atoms with Crippen molar-refractivity contribution < 1.29 is 70.3 Å². The van der Waals surface area contributed by atoms with E-state index >= 15 is 0 Å². The van der Waals surface area contributed by atoms with Gasteiger partial charge < -0.3 is 23.1 Å². The molecule has 0 saturated carbocycles. The largest absolute Gasteiger partial charge is 0.462 e. The van der Waals surface area contributed by atoms with Gasteiger partial charge in [-0.15, -0.1) is 0 Å². The number of hydrogen-bond donors (Lipinski definition) is 0. The minimum atomic E-state index is -0.0764. The summed E-state index contributed by atoms with van der Waals surface area (Å²) in [5, 5.41) is 3.36. The molecule has 2 radical (unpaired) electrons. The summed E-state index contributed by atoms with van der Waals surface area (Å²) in [4.78, 5) is 4.59. The monoisotopic (exact) mass is 277 g/mol. The molecule has 4 heteroatoms. The van der Waals surface area contributed by atoms with E-state index in [-0.39, 0.29) is 71.5 Å². The number of nitrogens with zero attached hydrogens (tertiary/aromatic N) is 1. The van der Waals surface area contributed by atoms with E-state index in [4.69, 9.17) is 0 Å². The molecule has 0 aromatic carbocycles. The molecule has 9 heavy (non-hydrogen) atoms. The van der Waals surface area contributed by atoms with E-state index in [0.29, 0.717) is 0 Å². The van der Waals surface area contributed by atoms with Crippen molar-refractivity contribution in [1.29, 1.82) is 0 Å². The predicted molar refractivity (Wildman–Crippen MR) is 29.0 cm³/mol. The van der Waals surface area contributed by atoms with Crippen molar-refractivity contribution in [2.24, 2.45) is 5.16 Å². The Morgan fingerprint density at radius 1 is 1.56 bits per heavy atom. The molecule has 0 rings (SSSR count). The first kappa shape index (κ1) is 17.0. The van der Waals surface area contributed by atoms with Gasteiger partial charge in [-0.3, -0.25) is 0 Å².